The number of aromatic nitrogens is 2. The third kappa shape index (κ3) is 3.25. The predicted molar refractivity (Wildman–Crippen MR) is 89.7 cm³/mol. The maximum atomic E-state index is 6.22. The highest BCUT2D eigenvalue weighted by Crippen LogP contribution is 2.34. The molecule has 0 radical (unpaired) electrons. The summed E-state index contributed by atoms with van der Waals surface area (Å²) in [6, 6.07) is 0.786. The van der Waals surface area contributed by atoms with Crippen LogP contribution in [0.4, 0.5) is 5.82 Å². The molecule has 4 atom stereocenters. The molecule has 1 aromatic heterocycles. The summed E-state index contributed by atoms with van der Waals surface area (Å²) >= 11 is 0. The molecule has 0 amide bonds. The number of anilines is 1. The van der Waals surface area contributed by atoms with Gasteiger partial charge in [-0.1, -0.05) is 20.8 Å². The minimum atomic E-state index is 0.224. The molecule has 0 aliphatic carbocycles. The molecule has 1 aliphatic rings. The van der Waals surface area contributed by atoms with Gasteiger partial charge in [0, 0.05) is 31.2 Å². The average Bonchev–Trinajstić information content (AvgIpc) is 2.68. The molecule has 1 fully saturated rings. The molecule has 1 aliphatic heterocycles. The van der Waals surface area contributed by atoms with Gasteiger partial charge < -0.3 is 10.6 Å². The van der Waals surface area contributed by atoms with Gasteiger partial charge in [-0.15, -0.1) is 0 Å². The minimum Gasteiger partial charge on any atom is -0.353 e. The van der Waals surface area contributed by atoms with Crippen LogP contribution in [0.2, 0.25) is 0 Å². The Balaban J connectivity index is 2.37. The molecule has 21 heavy (non-hydrogen) atoms. The van der Waals surface area contributed by atoms with Crippen molar-refractivity contribution in [2.24, 2.45) is 24.6 Å². The van der Waals surface area contributed by atoms with Crippen LogP contribution in [0.5, 0.6) is 0 Å². The van der Waals surface area contributed by atoms with Gasteiger partial charge in [-0.25, -0.2) is 0 Å². The van der Waals surface area contributed by atoms with Gasteiger partial charge >= 0.3 is 0 Å². The van der Waals surface area contributed by atoms with Gasteiger partial charge in [0.05, 0.1) is 5.69 Å². The van der Waals surface area contributed by atoms with Crippen LogP contribution in [-0.2, 0) is 13.5 Å². The second-order valence-electron chi connectivity index (χ2n) is 7.09. The van der Waals surface area contributed by atoms with E-state index in [1.54, 1.807) is 0 Å². The Labute approximate surface area is 129 Å². The molecule has 0 saturated carbocycles. The van der Waals surface area contributed by atoms with Gasteiger partial charge in [0.15, 0.2) is 0 Å². The number of hydrogen-bond acceptors (Lipinski definition) is 3. The molecule has 0 spiro atoms. The van der Waals surface area contributed by atoms with Crippen LogP contribution in [-0.4, -0.2) is 28.4 Å². The molecule has 0 bridgehead atoms. The Morgan fingerprint density at radius 1 is 1.33 bits per heavy atom. The van der Waals surface area contributed by atoms with Crippen LogP contribution >= 0.6 is 0 Å². The Bertz CT molecular complexity index is 479. The fourth-order valence-electron chi connectivity index (χ4n) is 3.69. The second-order valence-corrected chi connectivity index (χ2v) is 7.09. The lowest BCUT2D eigenvalue weighted by Gasteiger charge is -2.43. The molecule has 4 nitrogen and oxygen atoms in total. The minimum absolute atomic E-state index is 0.224. The number of nitrogens with two attached hydrogens (primary N) is 1. The first-order chi connectivity index (χ1) is 9.85. The molecule has 120 valence electrons. The quantitative estimate of drug-likeness (QED) is 0.928. The molecule has 4 unspecified atom stereocenters. The molecular formula is C17H32N4. The van der Waals surface area contributed by atoms with E-state index in [0.29, 0.717) is 6.04 Å². The van der Waals surface area contributed by atoms with Crippen LogP contribution in [0.1, 0.15) is 51.8 Å². The number of nitrogens with zero attached hydrogens (tertiary/aromatic N) is 3. The van der Waals surface area contributed by atoms with Crippen molar-refractivity contribution in [3.05, 3.63) is 11.3 Å². The molecule has 1 aromatic rings. The van der Waals surface area contributed by atoms with Crippen molar-refractivity contribution >= 4 is 5.82 Å². The van der Waals surface area contributed by atoms with Crippen LogP contribution < -0.4 is 10.6 Å². The van der Waals surface area contributed by atoms with Gasteiger partial charge in [0.1, 0.15) is 5.82 Å². The van der Waals surface area contributed by atoms with E-state index in [9.17, 15) is 0 Å². The van der Waals surface area contributed by atoms with E-state index in [1.807, 2.05) is 0 Å². The topological polar surface area (TPSA) is 47.1 Å². The van der Waals surface area contributed by atoms with E-state index in [-0.39, 0.29) is 6.04 Å². The summed E-state index contributed by atoms with van der Waals surface area (Å²) in [5.41, 5.74) is 8.70. The SMILES string of the molecule is CCC(N)Cc1c(C)nn(C)c1N1CC(C)CC(C)C1C. The number of aryl methyl sites for hydroxylation is 2. The molecule has 2 N–H and O–H groups in total. The summed E-state index contributed by atoms with van der Waals surface area (Å²) in [7, 11) is 2.07. The normalized spacial score (nSPS) is 28.0. The zero-order valence-corrected chi connectivity index (χ0v) is 14.6. The van der Waals surface area contributed by atoms with E-state index in [0.717, 1.165) is 36.9 Å². The summed E-state index contributed by atoms with van der Waals surface area (Å²) in [5, 5.41) is 4.68. The van der Waals surface area contributed by atoms with E-state index >= 15 is 0 Å². The summed E-state index contributed by atoms with van der Waals surface area (Å²) in [6.45, 7) is 12.5. The Hall–Kier alpha value is -1.03. The summed E-state index contributed by atoms with van der Waals surface area (Å²) in [6.07, 6.45) is 3.26. The third-order valence-corrected chi connectivity index (χ3v) is 5.17. The summed E-state index contributed by atoms with van der Waals surface area (Å²) in [5.74, 6) is 2.75. The number of piperidine rings is 1. The molecule has 2 rings (SSSR count). The van der Waals surface area contributed by atoms with Gasteiger partial charge in [0.25, 0.3) is 0 Å². The summed E-state index contributed by atoms with van der Waals surface area (Å²) < 4.78 is 2.06. The lowest BCUT2D eigenvalue weighted by atomic mass is 9.85. The molecule has 2 heterocycles. The zero-order valence-electron chi connectivity index (χ0n) is 14.6. The largest absolute Gasteiger partial charge is 0.353 e. The predicted octanol–water partition coefficient (Wildman–Crippen LogP) is 2.88. The van der Waals surface area contributed by atoms with Gasteiger partial charge in [-0.3, -0.25) is 4.68 Å². The van der Waals surface area contributed by atoms with E-state index in [2.05, 4.69) is 56.3 Å². The van der Waals surface area contributed by atoms with E-state index in [4.69, 9.17) is 5.73 Å². The Morgan fingerprint density at radius 2 is 2.00 bits per heavy atom. The lowest BCUT2D eigenvalue weighted by Crippen LogP contribution is -2.47. The standard InChI is InChI=1S/C17H32N4/c1-7-15(18)9-16-13(4)19-20(6)17(16)21-10-11(2)8-12(3)14(21)5/h11-12,14-15H,7-10,18H2,1-6H3. The van der Waals surface area contributed by atoms with Crippen molar-refractivity contribution < 1.29 is 0 Å². The molecule has 4 heteroatoms. The Morgan fingerprint density at radius 3 is 2.62 bits per heavy atom. The average molecular weight is 292 g/mol. The maximum absolute atomic E-state index is 6.22. The van der Waals surface area contributed by atoms with Crippen molar-refractivity contribution in [2.45, 2.75) is 66.0 Å². The smallest absolute Gasteiger partial charge is 0.130 e. The van der Waals surface area contributed by atoms with Crippen LogP contribution in [0.25, 0.3) is 0 Å². The Kier molecular flexibility index (Phi) is 4.97. The van der Waals surface area contributed by atoms with Gasteiger partial charge in [-0.2, -0.15) is 5.10 Å². The highest BCUT2D eigenvalue weighted by molar-refractivity contribution is 5.52. The first-order valence-electron chi connectivity index (χ1n) is 8.39. The van der Waals surface area contributed by atoms with E-state index < -0.39 is 0 Å². The lowest BCUT2D eigenvalue weighted by molar-refractivity contribution is 0.293. The fraction of sp³-hybridized carbons (Fsp3) is 0.824. The third-order valence-electron chi connectivity index (χ3n) is 5.17. The van der Waals surface area contributed by atoms with Crippen molar-refractivity contribution in [1.82, 2.24) is 9.78 Å². The first kappa shape index (κ1) is 16.3. The first-order valence-corrected chi connectivity index (χ1v) is 8.39. The molecular weight excluding hydrogens is 260 g/mol. The highest BCUT2D eigenvalue weighted by atomic mass is 15.4. The number of rotatable bonds is 4. The zero-order chi connectivity index (χ0) is 15.7. The monoisotopic (exact) mass is 292 g/mol. The highest BCUT2D eigenvalue weighted by Gasteiger charge is 2.32. The van der Waals surface area contributed by atoms with Crippen molar-refractivity contribution in [3.8, 4) is 0 Å². The van der Waals surface area contributed by atoms with Crippen LogP contribution in [0.3, 0.4) is 0 Å². The van der Waals surface area contributed by atoms with Crippen LogP contribution in [0.15, 0.2) is 0 Å². The molecule has 0 aromatic carbocycles. The second kappa shape index (κ2) is 6.39. The molecule has 1 saturated heterocycles. The number of hydrogen-bond donors (Lipinski definition) is 1. The maximum Gasteiger partial charge on any atom is 0.130 e. The van der Waals surface area contributed by atoms with Crippen molar-refractivity contribution in [2.75, 3.05) is 11.4 Å². The summed E-state index contributed by atoms with van der Waals surface area (Å²) in [4.78, 5) is 2.57. The van der Waals surface area contributed by atoms with E-state index in [1.165, 1.54) is 17.8 Å². The van der Waals surface area contributed by atoms with Crippen molar-refractivity contribution in [1.29, 1.82) is 0 Å². The fourth-order valence-corrected chi connectivity index (χ4v) is 3.69. The van der Waals surface area contributed by atoms with Crippen molar-refractivity contribution in [3.63, 3.8) is 0 Å². The van der Waals surface area contributed by atoms with Gasteiger partial charge in [0.2, 0.25) is 0 Å². The van der Waals surface area contributed by atoms with Gasteiger partial charge in [-0.05, 0) is 44.9 Å². The van der Waals surface area contributed by atoms with Crippen LogP contribution in [0, 0.1) is 18.8 Å².